The first-order chi connectivity index (χ1) is 12.9. The van der Waals surface area contributed by atoms with E-state index in [0.29, 0.717) is 6.04 Å². The summed E-state index contributed by atoms with van der Waals surface area (Å²) in [5.74, 6) is 0.894. The normalized spacial score (nSPS) is 17.8. The lowest BCUT2D eigenvalue weighted by Gasteiger charge is -2.36. The van der Waals surface area contributed by atoms with Gasteiger partial charge in [-0.1, -0.05) is 61.0 Å². The Hall–Kier alpha value is -2.65. The number of likely N-dealkylation sites (tertiary alicyclic amines) is 1. The first-order valence-corrected chi connectivity index (χ1v) is 9.44. The molecule has 132 valence electrons. The summed E-state index contributed by atoms with van der Waals surface area (Å²) >= 11 is 0. The predicted octanol–water partition coefficient (Wildman–Crippen LogP) is 5.55. The fraction of sp³-hybridized carbons (Fsp3) is 0.261. The number of nitrogens with zero attached hydrogens (tertiary/aromatic N) is 2. The van der Waals surface area contributed by atoms with E-state index in [1.54, 1.807) is 0 Å². The number of anilines is 2. The van der Waals surface area contributed by atoms with E-state index in [1.807, 2.05) is 24.4 Å². The highest BCUT2D eigenvalue weighted by Crippen LogP contribution is 2.32. The molecule has 1 aromatic heterocycles. The Morgan fingerprint density at radius 2 is 1.65 bits per heavy atom. The minimum Gasteiger partial charge on any atom is -0.340 e. The molecule has 1 aliphatic heterocycles. The van der Waals surface area contributed by atoms with Crippen molar-refractivity contribution in [2.24, 2.45) is 0 Å². The van der Waals surface area contributed by atoms with E-state index in [1.165, 1.54) is 30.4 Å². The number of aromatic nitrogens is 1. The third kappa shape index (κ3) is 4.12. The molecule has 1 atom stereocenters. The monoisotopic (exact) mass is 343 g/mol. The maximum absolute atomic E-state index is 4.65. The Kier molecular flexibility index (Phi) is 5.27. The Morgan fingerprint density at radius 3 is 2.38 bits per heavy atom. The Morgan fingerprint density at radius 1 is 0.885 bits per heavy atom. The van der Waals surface area contributed by atoms with Crippen LogP contribution >= 0.6 is 0 Å². The SMILES string of the molecule is c1ccc(CN2CCCC[C@H]2c2ccc(Nc3ccccc3)nc2)cc1. The average molecular weight is 343 g/mol. The third-order valence-corrected chi connectivity index (χ3v) is 5.06. The molecule has 26 heavy (non-hydrogen) atoms. The fourth-order valence-corrected chi connectivity index (χ4v) is 3.72. The van der Waals surface area contributed by atoms with Crippen LogP contribution in [0.1, 0.15) is 36.4 Å². The predicted molar refractivity (Wildman–Crippen MR) is 107 cm³/mol. The number of rotatable bonds is 5. The van der Waals surface area contributed by atoms with E-state index in [-0.39, 0.29) is 0 Å². The van der Waals surface area contributed by atoms with E-state index in [9.17, 15) is 0 Å². The molecule has 3 nitrogen and oxygen atoms in total. The lowest BCUT2D eigenvalue weighted by molar-refractivity contribution is 0.140. The topological polar surface area (TPSA) is 28.2 Å². The van der Waals surface area contributed by atoms with Crippen LogP contribution in [0.15, 0.2) is 79.0 Å². The Balaban J connectivity index is 1.47. The van der Waals surface area contributed by atoms with Crippen LogP contribution in [-0.4, -0.2) is 16.4 Å². The van der Waals surface area contributed by atoms with Crippen LogP contribution in [0.5, 0.6) is 0 Å². The molecule has 1 N–H and O–H groups in total. The number of para-hydroxylation sites is 1. The molecule has 1 fully saturated rings. The minimum atomic E-state index is 0.460. The number of benzene rings is 2. The molecule has 3 heteroatoms. The highest BCUT2D eigenvalue weighted by atomic mass is 15.2. The van der Waals surface area contributed by atoms with Gasteiger partial charge >= 0.3 is 0 Å². The van der Waals surface area contributed by atoms with Crippen LogP contribution in [0.4, 0.5) is 11.5 Å². The fourth-order valence-electron chi connectivity index (χ4n) is 3.72. The molecule has 0 unspecified atom stereocenters. The summed E-state index contributed by atoms with van der Waals surface area (Å²) in [6.07, 6.45) is 5.82. The first kappa shape index (κ1) is 16.8. The molecule has 3 aromatic rings. The highest BCUT2D eigenvalue weighted by Gasteiger charge is 2.24. The number of nitrogens with one attached hydrogen (secondary N) is 1. The molecule has 0 bridgehead atoms. The summed E-state index contributed by atoms with van der Waals surface area (Å²) in [6, 6.07) is 25.7. The van der Waals surface area contributed by atoms with Crippen molar-refractivity contribution in [2.75, 3.05) is 11.9 Å². The largest absolute Gasteiger partial charge is 0.340 e. The number of pyridine rings is 1. The molecule has 0 amide bonds. The van der Waals surface area contributed by atoms with Gasteiger partial charge in [-0.05, 0) is 48.7 Å². The molecular formula is C23H25N3. The lowest BCUT2D eigenvalue weighted by atomic mass is 9.95. The van der Waals surface area contributed by atoms with E-state index in [4.69, 9.17) is 0 Å². The van der Waals surface area contributed by atoms with Crippen LogP contribution < -0.4 is 5.32 Å². The van der Waals surface area contributed by atoms with Crippen molar-refractivity contribution in [1.29, 1.82) is 0 Å². The zero-order valence-corrected chi connectivity index (χ0v) is 15.0. The van der Waals surface area contributed by atoms with Crippen molar-refractivity contribution < 1.29 is 0 Å². The van der Waals surface area contributed by atoms with Crippen molar-refractivity contribution in [3.8, 4) is 0 Å². The second-order valence-corrected chi connectivity index (χ2v) is 6.94. The third-order valence-electron chi connectivity index (χ3n) is 5.06. The molecule has 1 saturated heterocycles. The van der Waals surface area contributed by atoms with Gasteiger partial charge in [0.2, 0.25) is 0 Å². The molecule has 4 rings (SSSR count). The summed E-state index contributed by atoms with van der Waals surface area (Å²) in [7, 11) is 0. The van der Waals surface area contributed by atoms with Crippen molar-refractivity contribution in [3.05, 3.63) is 90.1 Å². The summed E-state index contributed by atoms with van der Waals surface area (Å²) in [6.45, 7) is 2.17. The van der Waals surface area contributed by atoms with Gasteiger partial charge in [-0.15, -0.1) is 0 Å². The van der Waals surface area contributed by atoms with Gasteiger partial charge in [0, 0.05) is 24.5 Å². The summed E-state index contributed by atoms with van der Waals surface area (Å²) in [4.78, 5) is 7.25. The maximum Gasteiger partial charge on any atom is 0.130 e. The van der Waals surface area contributed by atoms with Crippen LogP contribution in [0.3, 0.4) is 0 Å². The van der Waals surface area contributed by atoms with E-state index < -0.39 is 0 Å². The Bertz CT molecular complexity index is 800. The minimum absolute atomic E-state index is 0.460. The van der Waals surface area contributed by atoms with Gasteiger partial charge < -0.3 is 5.32 Å². The molecule has 0 aliphatic carbocycles. The molecule has 1 aliphatic rings. The van der Waals surface area contributed by atoms with Crippen molar-refractivity contribution >= 4 is 11.5 Å². The standard InChI is InChI=1S/C23H25N3/c1-3-9-19(10-4-1)18-26-16-8-7-13-22(26)20-14-15-23(24-17-20)25-21-11-5-2-6-12-21/h1-6,9-12,14-15,17,22H,7-8,13,16,18H2,(H,24,25)/t22-/m0/s1. The summed E-state index contributed by atoms with van der Waals surface area (Å²) in [5.41, 5.74) is 3.77. The number of piperidine rings is 1. The van der Waals surface area contributed by atoms with Gasteiger partial charge in [0.05, 0.1) is 0 Å². The quantitative estimate of drug-likeness (QED) is 0.658. The highest BCUT2D eigenvalue weighted by molar-refractivity contribution is 5.55. The van der Waals surface area contributed by atoms with Gasteiger partial charge in [0.1, 0.15) is 5.82 Å². The van der Waals surface area contributed by atoms with Crippen molar-refractivity contribution in [2.45, 2.75) is 31.8 Å². The van der Waals surface area contributed by atoms with Crippen molar-refractivity contribution in [3.63, 3.8) is 0 Å². The molecule has 0 spiro atoms. The van der Waals surface area contributed by atoms with Gasteiger partial charge in [0.15, 0.2) is 0 Å². The van der Waals surface area contributed by atoms with Crippen LogP contribution in [-0.2, 0) is 6.54 Å². The van der Waals surface area contributed by atoms with Crippen LogP contribution in [0.25, 0.3) is 0 Å². The molecular weight excluding hydrogens is 318 g/mol. The Labute approximate surface area is 155 Å². The summed E-state index contributed by atoms with van der Waals surface area (Å²) in [5, 5.41) is 3.36. The van der Waals surface area contributed by atoms with Crippen LogP contribution in [0, 0.1) is 0 Å². The maximum atomic E-state index is 4.65. The van der Waals surface area contributed by atoms with E-state index in [2.05, 4.69) is 69.8 Å². The number of hydrogen-bond acceptors (Lipinski definition) is 3. The lowest BCUT2D eigenvalue weighted by Crippen LogP contribution is -2.33. The van der Waals surface area contributed by atoms with Gasteiger partial charge in [-0.2, -0.15) is 0 Å². The van der Waals surface area contributed by atoms with E-state index >= 15 is 0 Å². The van der Waals surface area contributed by atoms with Crippen molar-refractivity contribution in [1.82, 2.24) is 9.88 Å². The second kappa shape index (κ2) is 8.15. The first-order valence-electron chi connectivity index (χ1n) is 9.44. The summed E-state index contributed by atoms with van der Waals surface area (Å²) < 4.78 is 0. The second-order valence-electron chi connectivity index (χ2n) is 6.94. The zero-order valence-electron chi connectivity index (χ0n) is 15.0. The van der Waals surface area contributed by atoms with E-state index in [0.717, 1.165) is 24.6 Å². The molecule has 2 heterocycles. The van der Waals surface area contributed by atoms with Gasteiger partial charge in [0.25, 0.3) is 0 Å². The molecule has 2 aromatic carbocycles. The molecule has 0 radical (unpaired) electrons. The van der Waals surface area contributed by atoms with Gasteiger partial charge in [-0.3, -0.25) is 4.90 Å². The van der Waals surface area contributed by atoms with Crippen LogP contribution in [0.2, 0.25) is 0 Å². The average Bonchev–Trinajstić information content (AvgIpc) is 2.71. The molecule has 0 saturated carbocycles. The van der Waals surface area contributed by atoms with Gasteiger partial charge in [-0.25, -0.2) is 4.98 Å². The smallest absolute Gasteiger partial charge is 0.130 e. The number of hydrogen-bond donors (Lipinski definition) is 1. The zero-order chi connectivity index (χ0) is 17.6.